The minimum Gasteiger partial charge on any atom is -0.349 e. The molecule has 0 saturated heterocycles. The second-order valence-electron chi connectivity index (χ2n) is 5.91. The van der Waals surface area contributed by atoms with Crippen molar-refractivity contribution in [3.05, 3.63) is 68.9 Å². The molecule has 5 nitrogen and oxygen atoms in total. The number of nitrogens with zero attached hydrogens (tertiary/aromatic N) is 2. The average Bonchev–Trinajstić information content (AvgIpc) is 2.64. The third kappa shape index (κ3) is 4.16. The minimum absolute atomic E-state index is 0.0930. The van der Waals surface area contributed by atoms with Crippen LogP contribution in [-0.2, 0) is 11.8 Å². The molecule has 3 rings (SSSR count). The Morgan fingerprint density at radius 1 is 1.23 bits per heavy atom. The van der Waals surface area contributed by atoms with Crippen LogP contribution in [-0.4, -0.2) is 21.2 Å². The fourth-order valence-corrected chi connectivity index (χ4v) is 3.62. The van der Waals surface area contributed by atoms with Crippen molar-refractivity contribution < 1.29 is 4.79 Å². The van der Waals surface area contributed by atoms with Crippen molar-refractivity contribution in [1.29, 1.82) is 0 Å². The van der Waals surface area contributed by atoms with Crippen molar-refractivity contribution >= 4 is 44.5 Å². The molecule has 1 N–H and O–H groups in total. The largest absolute Gasteiger partial charge is 0.349 e. The van der Waals surface area contributed by atoms with E-state index in [-0.39, 0.29) is 23.3 Å². The molecular formula is C19H18BrN3O2S. The number of para-hydroxylation sites is 1. The average molecular weight is 432 g/mol. The smallest absolute Gasteiger partial charge is 0.261 e. The van der Waals surface area contributed by atoms with Crippen molar-refractivity contribution in [3.63, 3.8) is 0 Å². The fourth-order valence-electron chi connectivity index (χ4n) is 2.57. The number of nitrogens with one attached hydrogen (secondary N) is 1. The molecule has 0 aliphatic heterocycles. The van der Waals surface area contributed by atoms with Crippen LogP contribution in [0, 0.1) is 0 Å². The number of benzene rings is 2. The van der Waals surface area contributed by atoms with Gasteiger partial charge in [0.15, 0.2) is 5.16 Å². The second kappa shape index (κ2) is 8.05. The Bertz CT molecular complexity index is 1000. The molecule has 0 aliphatic rings. The van der Waals surface area contributed by atoms with E-state index in [1.807, 2.05) is 43.3 Å². The van der Waals surface area contributed by atoms with E-state index in [4.69, 9.17) is 0 Å². The van der Waals surface area contributed by atoms with Crippen LogP contribution in [0.25, 0.3) is 10.9 Å². The maximum absolute atomic E-state index is 12.4. The van der Waals surface area contributed by atoms with Gasteiger partial charge in [-0.2, -0.15) is 0 Å². The number of hydrogen-bond donors (Lipinski definition) is 1. The Kier molecular flexibility index (Phi) is 5.78. The summed E-state index contributed by atoms with van der Waals surface area (Å²) in [5, 5.41) is 4.07. The molecule has 3 aromatic rings. The van der Waals surface area contributed by atoms with Crippen LogP contribution in [0.3, 0.4) is 0 Å². The summed E-state index contributed by atoms with van der Waals surface area (Å²) in [6, 6.07) is 15.0. The Balaban J connectivity index is 1.68. The lowest BCUT2D eigenvalue weighted by Gasteiger charge is -2.14. The number of fused-ring (bicyclic) bond motifs is 1. The van der Waals surface area contributed by atoms with E-state index < -0.39 is 0 Å². The summed E-state index contributed by atoms with van der Waals surface area (Å²) in [4.78, 5) is 29.2. The van der Waals surface area contributed by atoms with Gasteiger partial charge in [-0.15, -0.1) is 0 Å². The van der Waals surface area contributed by atoms with Gasteiger partial charge in [0.05, 0.1) is 22.7 Å². The first-order chi connectivity index (χ1) is 12.5. The molecule has 0 radical (unpaired) electrons. The summed E-state index contributed by atoms with van der Waals surface area (Å²) in [6.07, 6.45) is 0. The fraction of sp³-hybridized carbons (Fsp3) is 0.211. The predicted molar refractivity (Wildman–Crippen MR) is 108 cm³/mol. The molecular weight excluding hydrogens is 414 g/mol. The zero-order valence-electron chi connectivity index (χ0n) is 14.4. The highest BCUT2D eigenvalue weighted by Gasteiger charge is 2.13. The lowest BCUT2D eigenvalue weighted by molar-refractivity contribution is -0.119. The third-order valence-corrected chi connectivity index (χ3v) is 5.58. The van der Waals surface area contributed by atoms with Gasteiger partial charge in [0.2, 0.25) is 5.91 Å². The van der Waals surface area contributed by atoms with Crippen molar-refractivity contribution in [3.8, 4) is 0 Å². The maximum atomic E-state index is 12.4. The van der Waals surface area contributed by atoms with E-state index in [0.29, 0.717) is 16.1 Å². The lowest BCUT2D eigenvalue weighted by Crippen LogP contribution is -2.28. The molecule has 0 aliphatic carbocycles. The molecule has 2 aromatic carbocycles. The maximum Gasteiger partial charge on any atom is 0.261 e. The SMILES string of the molecule is CC(NC(=O)CSc1nc2ccccc2c(=O)n1C)c1ccc(Br)cc1. The normalized spacial score (nSPS) is 12.1. The minimum atomic E-state index is -0.110. The van der Waals surface area contributed by atoms with Crippen LogP contribution in [0.4, 0.5) is 0 Å². The van der Waals surface area contributed by atoms with Crippen LogP contribution < -0.4 is 10.9 Å². The number of carbonyl (C=O) groups is 1. The van der Waals surface area contributed by atoms with E-state index in [2.05, 4.69) is 26.2 Å². The summed E-state index contributed by atoms with van der Waals surface area (Å²) in [5.74, 6) is 0.0901. The molecule has 1 atom stereocenters. The highest BCUT2D eigenvalue weighted by Crippen LogP contribution is 2.19. The van der Waals surface area contributed by atoms with E-state index in [0.717, 1.165) is 10.0 Å². The summed E-state index contributed by atoms with van der Waals surface area (Å²) in [7, 11) is 1.67. The van der Waals surface area contributed by atoms with Gasteiger partial charge in [0, 0.05) is 11.5 Å². The Labute approximate surface area is 164 Å². The number of rotatable bonds is 5. The number of carbonyl (C=O) groups excluding carboxylic acids is 1. The van der Waals surface area contributed by atoms with Gasteiger partial charge in [-0.3, -0.25) is 14.2 Å². The Morgan fingerprint density at radius 3 is 2.65 bits per heavy atom. The zero-order valence-corrected chi connectivity index (χ0v) is 16.8. The summed E-state index contributed by atoms with van der Waals surface area (Å²) in [6.45, 7) is 1.94. The van der Waals surface area contributed by atoms with Crippen LogP contribution in [0.2, 0.25) is 0 Å². The van der Waals surface area contributed by atoms with E-state index >= 15 is 0 Å². The summed E-state index contributed by atoms with van der Waals surface area (Å²) in [5.41, 5.74) is 1.56. The molecule has 0 fully saturated rings. The lowest BCUT2D eigenvalue weighted by atomic mass is 10.1. The van der Waals surface area contributed by atoms with Crippen LogP contribution in [0.15, 0.2) is 63.0 Å². The molecule has 0 saturated carbocycles. The van der Waals surface area contributed by atoms with Gasteiger partial charge in [0.25, 0.3) is 5.56 Å². The summed E-state index contributed by atoms with van der Waals surface area (Å²) >= 11 is 4.66. The number of halogens is 1. The molecule has 1 heterocycles. The number of amides is 1. The molecule has 1 amide bonds. The molecule has 0 spiro atoms. The monoisotopic (exact) mass is 431 g/mol. The molecule has 0 bridgehead atoms. The van der Waals surface area contributed by atoms with Crippen LogP contribution in [0.5, 0.6) is 0 Å². The van der Waals surface area contributed by atoms with Crippen LogP contribution >= 0.6 is 27.7 Å². The first kappa shape index (κ1) is 18.7. The van der Waals surface area contributed by atoms with E-state index in [1.54, 1.807) is 19.2 Å². The van der Waals surface area contributed by atoms with Crippen molar-refractivity contribution in [2.24, 2.45) is 7.05 Å². The van der Waals surface area contributed by atoms with Gasteiger partial charge in [-0.1, -0.05) is 52.0 Å². The molecule has 134 valence electrons. The van der Waals surface area contributed by atoms with Crippen molar-refractivity contribution in [1.82, 2.24) is 14.9 Å². The quantitative estimate of drug-likeness (QED) is 0.494. The Morgan fingerprint density at radius 2 is 1.92 bits per heavy atom. The molecule has 7 heteroatoms. The third-order valence-electron chi connectivity index (χ3n) is 4.02. The van der Waals surface area contributed by atoms with Crippen LogP contribution in [0.1, 0.15) is 18.5 Å². The summed E-state index contributed by atoms with van der Waals surface area (Å²) < 4.78 is 2.48. The highest BCUT2D eigenvalue weighted by molar-refractivity contribution is 9.10. The van der Waals surface area contributed by atoms with Gasteiger partial charge >= 0.3 is 0 Å². The first-order valence-corrected chi connectivity index (χ1v) is 9.87. The second-order valence-corrected chi connectivity index (χ2v) is 7.76. The number of aromatic nitrogens is 2. The molecule has 1 aromatic heterocycles. The number of hydrogen-bond acceptors (Lipinski definition) is 4. The van der Waals surface area contributed by atoms with Gasteiger partial charge in [-0.25, -0.2) is 4.98 Å². The molecule has 26 heavy (non-hydrogen) atoms. The van der Waals surface area contributed by atoms with E-state index in [9.17, 15) is 9.59 Å². The standard InChI is InChI=1S/C19H18BrN3O2S/c1-12(13-7-9-14(20)10-8-13)21-17(24)11-26-19-22-16-6-4-3-5-15(16)18(25)23(19)2/h3-10,12H,11H2,1-2H3,(H,21,24). The zero-order chi connectivity index (χ0) is 18.7. The Hall–Kier alpha value is -2.12. The first-order valence-electron chi connectivity index (χ1n) is 8.09. The van der Waals surface area contributed by atoms with Crippen molar-refractivity contribution in [2.45, 2.75) is 18.1 Å². The molecule has 1 unspecified atom stereocenters. The van der Waals surface area contributed by atoms with Gasteiger partial charge in [0.1, 0.15) is 0 Å². The number of thioether (sulfide) groups is 1. The predicted octanol–water partition coefficient (Wildman–Crippen LogP) is 3.67. The van der Waals surface area contributed by atoms with E-state index in [1.165, 1.54) is 16.3 Å². The van der Waals surface area contributed by atoms with Gasteiger partial charge in [-0.05, 0) is 36.8 Å². The topological polar surface area (TPSA) is 64.0 Å². The van der Waals surface area contributed by atoms with Gasteiger partial charge < -0.3 is 5.32 Å². The van der Waals surface area contributed by atoms with Crippen molar-refractivity contribution in [2.75, 3.05) is 5.75 Å². The highest BCUT2D eigenvalue weighted by atomic mass is 79.9.